The van der Waals surface area contributed by atoms with Gasteiger partial charge in [-0.05, 0) is 86.8 Å². The van der Waals surface area contributed by atoms with Crippen molar-refractivity contribution in [2.45, 2.75) is 103 Å². The summed E-state index contributed by atoms with van der Waals surface area (Å²) in [7, 11) is 1.56. The molecule has 1 aliphatic carbocycles. The fraction of sp³-hybridized carbons (Fsp3) is 0.553. The van der Waals surface area contributed by atoms with E-state index in [1.807, 2.05) is 30.9 Å². The molecule has 50 heavy (non-hydrogen) atoms. The molecule has 272 valence electrons. The first-order valence-electron chi connectivity index (χ1n) is 17.9. The smallest absolute Gasteiger partial charge is 0.251 e. The van der Waals surface area contributed by atoms with Gasteiger partial charge in [0.15, 0.2) is 0 Å². The van der Waals surface area contributed by atoms with Crippen molar-refractivity contribution >= 4 is 29.5 Å². The normalized spacial score (nSPS) is 25.3. The maximum atomic E-state index is 13.8. The number of nitrogens with zero attached hydrogens (tertiary/aromatic N) is 1. The average Bonchev–Trinajstić information content (AvgIpc) is 3.12. The first-order valence-corrected chi connectivity index (χ1v) is 17.9. The Balaban J connectivity index is 1.58. The zero-order valence-electron chi connectivity index (χ0n) is 29.7. The van der Waals surface area contributed by atoms with Crippen molar-refractivity contribution in [2.75, 3.05) is 20.2 Å². The zero-order valence-corrected chi connectivity index (χ0v) is 29.7. The molecule has 0 radical (unpaired) electrons. The number of fused-ring (bicyclic) bond motifs is 18. The Hall–Kier alpha value is -4.45. The van der Waals surface area contributed by atoms with Crippen LogP contribution < -0.4 is 26.0 Å². The molecule has 12 nitrogen and oxygen atoms in total. The second kappa shape index (κ2) is 18.5. The number of carbonyl (C=O) groups excluding carboxylic acids is 5. The number of hydrogen-bond donors (Lipinski definition) is 5. The Morgan fingerprint density at radius 1 is 0.900 bits per heavy atom. The average molecular weight is 692 g/mol. The third kappa shape index (κ3) is 10.8. The van der Waals surface area contributed by atoms with Crippen molar-refractivity contribution in [3.05, 3.63) is 65.2 Å². The molecular formula is C38H53N5O7. The molecule has 2 bridgehead atoms. The SMILES string of the molecule is CC[C@H](C)C1NC(=O)c2ccc(cc2)CN(C(=O)C2CCC(O)CC2)CCCCNC(=O)[C@@H](C)NC(=O)[C@H](Cc2ccc(OC)cc2)NC1=O. The molecular weight excluding hydrogens is 638 g/mol. The van der Waals surface area contributed by atoms with Crippen LogP contribution in [0.4, 0.5) is 0 Å². The molecule has 2 aliphatic heterocycles. The summed E-state index contributed by atoms with van der Waals surface area (Å²) in [5.41, 5.74) is 2.00. The van der Waals surface area contributed by atoms with E-state index in [2.05, 4.69) is 21.3 Å². The molecule has 5 N–H and O–H groups in total. The predicted molar refractivity (Wildman–Crippen MR) is 189 cm³/mol. The number of methoxy groups -OCH3 is 1. The second-order valence-corrected chi connectivity index (χ2v) is 13.6. The van der Waals surface area contributed by atoms with Crippen LogP contribution in [0.3, 0.4) is 0 Å². The van der Waals surface area contributed by atoms with E-state index in [1.165, 1.54) is 0 Å². The Morgan fingerprint density at radius 2 is 1.58 bits per heavy atom. The summed E-state index contributed by atoms with van der Waals surface area (Å²) >= 11 is 0. The first-order chi connectivity index (χ1) is 24.0. The van der Waals surface area contributed by atoms with Gasteiger partial charge in [0.05, 0.1) is 13.2 Å². The maximum Gasteiger partial charge on any atom is 0.251 e. The highest BCUT2D eigenvalue weighted by atomic mass is 16.5. The Morgan fingerprint density at radius 3 is 2.22 bits per heavy atom. The monoisotopic (exact) mass is 691 g/mol. The molecule has 1 saturated carbocycles. The molecule has 5 rings (SSSR count). The second-order valence-electron chi connectivity index (χ2n) is 13.6. The van der Waals surface area contributed by atoms with Gasteiger partial charge in [0.25, 0.3) is 5.91 Å². The number of ether oxygens (including phenoxy) is 1. The summed E-state index contributed by atoms with van der Waals surface area (Å²) in [5, 5.41) is 21.3. The maximum absolute atomic E-state index is 13.8. The lowest BCUT2D eigenvalue weighted by atomic mass is 9.86. The van der Waals surface area contributed by atoms with Crippen LogP contribution in [0.1, 0.15) is 87.2 Å². The number of rotatable bonds is 6. The van der Waals surface area contributed by atoms with E-state index in [0.717, 1.165) is 11.1 Å². The molecule has 2 aromatic rings. The fourth-order valence-corrected chi connectivity index (χ4v) is 6.40. The predicted octanol–water partition coefficient (Wildman–Crippen LogP) is 2.86. The minimum Gasteiger partial charge on any atom is -0.497 e. The lowest BCUT2D eigenvalue weighted by Crippen LogP contribution is -2.58. The van der Waals surface area contributed by atoms with Gasteiger partial charge in [-0.3, -0.25) is 24.0 Å². The van der Waals surface area contributed by atoms with E-state index in [1.54, 1.807) is 50.4 Å². The highest BCUT2D eigenvalue weighted by Gasteiger charge is 2.32. The third-order valence-corrected chi connectivity index (χ3v) is 9.87. The molecule has 0 saturated heterocycles. The van der Waals surface area contributed by atoms with E-state index in [9.17, 15) is 29.1 Å². The Labute approximate surface area is 295 Å². The topological polar surface area (TPSA) is 166 Å². The molecule has 0 aromatic heterocycles. The molecule has 12 heteroatoms. The Bertz CT molecular complexity index is 1460. The van der Waals surface area contributed by atoms with Crippen molar-refractivity contribution in [3.8, 4) is 5.75 Å². The van der Waals surface area contributed by atoms with Crippen LogP contribution in [0.15, 0.2) is 48.5 Å². The van der Waals surface area contributed by atoms with Crippen LogP contribution in [0.2, 0.25) is 0 Å². The van der Waals surface area contributed by atoms with Gasteiger partial charge in [0, 0.05) is 37.5 Å². The highest BCUT2D eigenvalue weighted by molar-refractivity contribution is 5.99. The van der Waals surface area contributed by atoms with Gasteiger partial charge in [-0.1, -0.05) is 44.5 Å². The van der Waals surface area contributed by atoms with E-state index in [4.69, 9.17) is 4.74 Å². The molecule has 2 heterocycles. The summed E-state index contributed by atoms with van der Waals surface area (Å²) in [6.07, 6.45) is 4.13. The third-order valence-electron chi connectivity index (χ3n) is 9.87. The standard InChI is InChI=1S/C38H53N5O7/c1-5-24(2)33-37(48)41-32(22-26-10-18-31(50-4)19-11-26)36(47)40-25(3)34(45)39-20-6-7-21-43(38(49)29-14-16-30(44)17-15-29)23-27-8-12-28(13-9-27)35(46)42-33/h8-13,18-19,24-25,29-30,32-33,44H,5-7,14-17,20-23H2,1-4H3,(H,39,45)(H,40,47)(H,41,48)(H,42,46)/t24-,25+,29?,30?,32-,33?/m0/s1. The van der Waals surface area contributed by atoms with Crippen LogP contribution in [0.25, 0.3) is 0 Å². The van der Waals surface area contributed by atoms with E-state index in [0.29, 0.717) is 75.9 Å². The van der Waals surface area contributed by atoms with Gasteiger partial charge in [0.2, 0.25) is 23.6 Å². The summed E-state index contributed by atoms with van der Waals surface area (Å²) in [5.74, 6) is -1.55. The number of aliphatic hydroxyl groups excluding tert-OH is 1. The van der Waals surface area contributed by atoms with Crippen LogP contribution >= 0.6 is 0 Å². The number of aliphatic hydroxyl groups is 1. The highest BCUT2D eigenvalue weighted by Crippen LogP contribution is 2.27. The van der Waals surface area contributed by atoms with E-state index in [-0.39, 0.29) is 36.2 Å². The van der Waals surface area contributed by atoms with Crippen molar-refractivity contribution in [1.29, 1.82) is 0 Å². The number of benzene rings is 2. The lowest BCUT2D eigenvalue weighted by molar-refractivity contribution is -0.138. The van der Waals surface area contributed by atoms with Crippen LogP contribution in [-0.2, 0) is 32.1 Å². The fourth-order valence-electron chi connectivity index (χ4n) is 6.40. The number of carbonyl (C=O) groups is 5. The minimum atomic E-state index is -1.03. The Kier molecular flexibility index (Phi) is 14.2. The lowest BCUT2D eigenvalue weighted by Gasteiger charge is -2.31. The van der Waals surface area contributed by atoms with Crippen molar-refractivity contribution in [2.24, 2.45) is 11.8 Å². The quantitative estimate of drug-likeness (QED) is 0.291. The zero-order chi connectivity index (χ0) is 36.2. The van der Waals surface area contributed by atoms with Crippen LogP contribution in [-0.4, -0.2) is 84.0 Å². The van der Waals surface area contributed by atoms with Crippen molar-refractivity contribution in [3.63, 3.8) is 0 Å². The summed E-state index contributed by atoms with van der Waals surface area (Å²) in [4.78, 5) is 69.4. The van der Waals surface area contributed by atoms with Crippen LogP contribution in [0, 0.1) is 11.8 Å². The molecule has 0 spiro atoms. The molecule has 1 unspecified atom stereocenters. The number of amides is 5. The van der Waals surface area contributed by atoms with Gasteiger partial charge in [0.1, 0.15) is 23.9 Å². The van der Waals surface area contributed by atoms with Crippen molar-refractivity contribution < 1.29 is 33.8 Å². The van der Waals surface area contributed by atoms with Crippen LogP contribution in [0.5, 0.6) is 5.75 Å². The van der Waals surface area contributed by atoms with Crippen molar-refractivity contribution in [1.82, 2.24) is 26.2 Å². The molecule has 3 aliphatic rings. The van der Waals surface area contributed by atoms with Gasteiger partial charge in [-0.2, -0.15) is 0 Å². The summed E-state index contributed by atoms with van der Waals surface area (Å²) < 4.78 is 5.25. The molecule has 2 aromatic carbocycles. The van der Waals surface area contributed by atoms with Gasteiger partial charge in [-0.25, -0.2) is 0 Å². The molecule has 4 atom stereocenters. The van der Waals surface area contributed by atoms with Gasteiger partial charge in [-0.15, -0.1) is 0 Å². The summed E-state index contributed by atoms with van der Waals surface area (Å²) in [6.45, 7) is 6.58. The minimum absolute atomic E-state index is 0.0454. The number of hydrogen-bond acceptors (Lipinski definition) is 7. The van der Waals surface area contributed by atoms with Gasteiger partial charge < -0.3 is 36.0 Å². The molecule has 1 fully saturated rings. The van der Waals surface area contributed by atoms with E-state index >= 15 is 0 Å². The first kappa shape index (κ1) is 38.4. The summed E-state index contributed by atoms with van der Waals surface area (Å²) in [6, 6.07) is 11.3. The largest absolute Gasteiger partial charge is 0.497 e. The van der Waals surface area contributed by atoms with Gasteiger partial charge >= 0.3 is 0 Å². The molecule has 5 amide bonds. The van der Waals surface area contributed by atoms with E-state index < -0.39 is 35.8 Å². The number of nitrogens with one attached hydrogen (secondary N) is 4.